The summed E-state index contributed by atoms with van der Waals surface area (Å²) in [5.41, 5.74) is 7.63. The van der Waals surface area contributed by atoms with Gasteiger partial charge in [0.2, 0.25) is 0 Å². The van der Waals surface area contributed by atoms with Gasteiger partial charge in [-0.05, 0) is 29.7 Å². The van der Waals surface area contributed by atoms with E-state index in [0.717, 1.165) is 25.2 Å². The second-order valence-corrected chi connectivity index (χ2v) is 5.30. The first-order chi connectivity index (χ1) is 10.3. The maximum absolute atomic E-state index is 6.33. The van der Waals surface area contributed by atoms with Crippen molar-refractivity contribution >= 4 is 10.8 Å². The zero-order valence-corrected chi connectivity index (χ0v) is 12.2. The highest BCUT2D eigenvalue weighted by Crippen LogP contribution is 2.20. The van der Waals surface area contributed by atoms with Crippen molar-refractivity contribution in [2.24, 2.45) is 5.73 Å². The minimum Gasteiger partial charge on any atom is -0.327 e. The molecule has 1 unspecified atom stereocenters. The van der Waals surface area contributed by atoms with E-state index in [-0.39, 0.29) is 6.04 Å². The van der Waals surface area contributed by atoms with Crippen LogP contribution in [0.15, 0.2) is 48.8 Å². The van der Waals surface area contributed by atoms with Crippen molar-refractivity contribution in [2.75, 3.05) is 0 Å². The maximum Gasteiger partial charge on any atom is 0.138 e. The van der Waals surface area contributed by atoms with Crippen molar-refractivity contribution in [3.8, 4) is 0 Å². The first-order valence-corrected chi connectivity index (χ1v) is 7.37. The number of hydrogen-bond acceptors (Lipinski definition) is 3. The molecule has 0 saturated heterocycles. The van der Waals surface area contributed by atoms with Crippen molar-refractivity contribution in [1.29, 1.82) is 0 Å². The Hall–Kier alpha value is -2.20. The molecule has 2 N–H and O–H groups in total. The van der Waals surface area contributed by atoms with E-state index in [0.29, 0.717) is 0 Å². The molecule has 0 fully saturated rings. The number of nitrogens with two attached hydrogens (primary N) is 1. The molecule has 0 aliphatic heterocycles. The van der Waals surface area contributed by atoms with Crippen LogP contribution in [0.2, 0.25) is 0 Å². The molecule has 0 aliphatic rings. The summed E-state index contributed by atoms with van der Waals surface area (Å²) in [5.74, 6) is 0.963. The van der Waals surface area contributed by atoms with Gasteiger partial charge in [0.05, 0.1) is 0 Å². The van der Waals surface area contributed by atoms with E-state index in [2.05, 4.69) is 59.5 Å². The minimum absolute atomic E-state index is 0.0466. The zero-order valence-electron chi connectivity index (χ0n) is 12.2. The number of rotatable bonds is 5. The Morgan fingerprint density at radius 2 is 1.90 bits per heavy atom. The number of hydrogen-bond donors (Lipinski definition) is 1. The number of nitrogens with zero attached hydrogens (tertiary/aromatic N) is 3. The van der Waals surface area contributed by atoms with Crippen molar-refractivity contribution < 1.29 is 0 Å². The molecule has 0 aliphatic carbocycles. The van der Waals surface area contributed by atoms with Gasteiger partial charge in [-0.25, -0.2) is 4.98 Å². The van der Waals surface area contributed by atoms with Crippen molar-refractivity contribution in [3.05, 3.63) is 60.2 Å². The molecular formula is C17H20N4. The van der Waals surface area contributed by atoms with E-state index >= 15 is 0 Å². The van der Waals surface area contributed by atoms with Gasteiger partial charge in [0, 0.05) is 19.0 Å². The third-order valence-electron chi connectivity index (χ3n) is 3.80. The fourth-order valence-corrected chi connectivity index (χ4v) is 2.77. The second kappa shape index (κ2) is 6.06. The zero-order chi connectivity index (χ0) is 14.7. The Labute approximate surface area is 124 Å². The van der Waals surface area contributed by atoms with Crippen LogP contribution >= 0.6 is 0 Å². The van der Waals surface area contributed by atoms with Gasteiger partial charge in [-0.15, -0.1) is 0 Å². The van der Waals surface area contributed by atoms with Crippen LogP contribution in [0.1, 0.15) is 18.3 Å². The SMILES string of the molecule is CCn1ncnc1CC(N)Cc1cccc2ccccc12. The number of aromatic nitrogens is 3. The molecule has 0 spiro atoms. The van der Waals surface area contributed by atoms with E-state index in [9.17, 15) is 0 Å². The van der Waals surface area contributed by atoms with E-state index < -0.39 is 0 Å². The molecule has 108 valence electrons. The Morgan fingerprint density at radius 3 is 2.76 bits per heavy atom. The predicted molar refractivity (Wildman–Crippen MR) is 85.0 cm³/mol. The molecule has 0 amide bonds. The number of aryl methyl sites for hydroxylation is 1. The Balaban J connectivity index is 1.79. The fraction of sp³-hybridized carbons (Fsp3) is 0.294. The van der Waals surface area contributed by atoms with Crippen LogP contribution in [-0.2, 0) is 19.4 Å². The van der Waals surface area contributed by atoms with Gasteiger partial charge in [0.15, 0.2) is 0 Å². The fourth-order valence-electron chi connectivity index (χ4n) is 2.77. The van der Waals surface area contributed by atoms with Crippen LogP contribution in [0.3, 0.4) is 0 Å². The summed E-state index contributed by atoms with van der Waals surface area (Å²) < 4.78 is 1.91. The van der Waals surface area contributed by atoms with Gasteiger partial charge in [0.1, 0.15) is 12.2 Å². The van der Waals surface area contributed by atoms with Crippen molar-refractivity contribution in [3.63, 3.8) is 0 Å². The molecular weight excluding hydrogens is 260 g/mol. The molecule has 0 bridgehead atoms. The lowest BCUT2D eigenvalue weighted by Crippen LogP contribution is -2.27. The predicted octanol–water partition coefficient (Wildman–Crippen LogP) is 2.56. The number of benzene rings is 2. The summed E-state index contributed by atoms with van der Waals surface area (Å²) in [6.45, 7) is 2.89. The van der Waals surface area contributed by atoms with E-state index in [4.69, 9.17) is 5.73 Å². The first-order valence-electron chi connectivity index (χ1n) is 7.37. The molecule has 4 nitrogen and oxygen atoms in total. The summed E-state index contributed by atoms with van der Waals surface area (Å²) in [4.78, 5) is 4.30. The Kier molecular flexibility index (Phi) is 3.97. The molecule has 3 rings (SSSR count). The van der Waals surface area contributed by atoms with Gasteiger partial charge in [-0.2, -0.15) is 5.10 Å². The standard InChI is InChI=1S/C17H20N4/c1-2-21-17(19-12-20-21)11-15(18)10-14-8-5-7-13-6-3-4-9-16(13)14/h3-9,12,15H,2,10-11,18H2,1H3. The second-order valence-electron chi connectivity index (χ2n) is 5.30. The molecule has 1 atom stereocenters. The maximum atomic E-state index is 6.33. The van der Waals surface area contributed by atoms with Gasteiger partial charge < -0.3 is 5.73 Å². The quantitative estimate of drug-likeness (QED) is 0.781. The largest absolute Gasteiger partial charge is 0.327 e. The summed E-state index contributed by atoms with van der Waals surface area (Å²) in [5, 5.41) is 6.74. The molecule has 4 heteroatoms. The molecule has 0 saturated carbocycles. The van der Waals surface area contributed by atoms with Crippen LogP contribution in [0.5, 0.6) is 0 Å². The number of fused-ring (bicyclic) bond motifs is 1. The Bertz CT molecular complexity index is 727. The van der Waals surface area contributed by atoms with Crippen molar-refractivity contribution in [2.45, 2.75) is 32.4 Å². The van der Waals surface area contributed by atoms with Crippen LogP contribution in [-0.4, -0.2) is 20.8 Å². The molecule has 21 heavy (non-hydrogen) atoms. The summed E-state index contributed by atoms with van der Waals surface area (Å²) in [6.07, 6.45) is 3.19. The normalized spacial score (nSPS) is 12.7. The lowest BCUT2D eigenvalue weighted by molar-refractivity contribution is 0.568. The highest BCUT2D eigenvalue weighted by molar-refractivity contribution is 5.85. The van der Waals surface area contributed by atoms with Crippen LogP contribution in [0.4, 0.5) is 0 Å². The van der Waals surface area contributed by atoms with Gasteiger partial charge in [-0.1, -0.05) is 42.5 Å². The minimum atomic E-state index is 0.0466. The van der Waals surface area contributed by atoms with Crippen LogP contribution in [0, 0.1) is 0 Å². The monoisotopic (exact) mass is 280 g/mol. The third kappa shape index (κ3) is 2.95. The van der Waals surface area contributed by atoms with Gasteiger partial charge in [-0.3, -0.25) is 4.68 Å². The molecule has 1 heterocycles. The lowest BCUT2D eigenvalue weighted by Gasteiger charge is -2.13. The van der Waals surface area contributed by atoms with Gasteiger partial charge in [0.25, 0.3) is 0 Å². The summed E-state index contributed by atoms with van der Waals surface area (Å²) in [7, 11) is 0. The third-order valence-corrected chi connectivity index (χ3v) is 3.80. The van der Waals surface area contributed by atoms with Gasteiger partial charge >= 0.3 is 0 Å². The average Bonchev–Trinajstić information content (AvgIpc) is 2.94. The Morgan fingerprint density at radius 1 is 1.10 bits per heavy atom. The van der Waals surface area contributed by atoms with E-state index in [1.165, 1.54) is 16.3 Å². The smallest absolute Gasteiger partial charge is 0.138 e. The van der Waals surface area contributed by atoms with Crippen LogP contribution in [0.25, 0.3) is 10.8 Å². The molecule has 3 aromatic rings. The van der Waals surface area contributed by atoms with E-state index in [1.54, 1.807) is 6.33 Å². The van der Waals surface area contributed by atoms with Crippen LogP contribution < -0.4 is 5.73 Å². The highest BCUT2D eigenvalue weighted by atomic mass is 15.3. The van der Waals surface area contributed by atoms with E-state index in [1.807, 2.05) is 4.68 Å². The summed E-state index contributed by atoms with van der Waals surface area (Å²) >= 11 is 0. The van der Waals surface area contributed by atoms with Crippen molar-refractivity contribution in [1.82, 2.24) is 14.8 Å². The topological polar surface area (TPSA) is 56.7 Å². The molecule has 0 radical (unpaired) electrons. The molecule has 1 aromatic heterocycles. The lowest BCUT2D eigenvalue weighted by atomic mass is 9.98. The highest BCUT2D eigenvalue weighted by Gasteiger charge is 2.11. The average molecular weight is 280 g/mol. The first kappa shape index (κ1) is 13.8. The molecule has 2 aromatic carbocycles. The summed E-state index contributed by atoms with van der Waals surface area (Å²) in [6, 6.07) is 14.9.